The number of hydrogen-bond acceptors (Lipinski definition) is 4. The number of carbonyl (C=O) groups is 1. The van der Waals surface area contributed by atoms with Gasteiger partial charge < -0.3 is 14.2 Å². The first-order valence-electron chi connectivity index (χ1n) is 3.00. The van der Waals surface area contributed by atoms with Gasteiger partial charge in [0.25, 0.3) is 6.29 Å². The molecule has 0 aromatic carbocycles. The fraction of sp³-hybridized carbons (Fsp3) is 0.500. The predicted octanol–water partition coefficient (Wildman–Crippen LogP) is -0.202. The Bertz CT molecular complexity index is 186. The Morgan fingerprint density at radius 1 is 1.60 bits per heavy atom. The van der Waals surface area contributed by atoms with E-state index in [4.69, 9.17) is 9.47 Å². The van der Waals surface area contributed by atoms with Gasteiger partial charge in [-0.1, -0.05) is 0 Å². The molecule has 2 aliphatic heterocycles. The van der Waals surface area contributed by atoms with Crippen molar-refractivity contribution in [2.45, 2.75) is 12.4 Å². The number of rotatable bonds is 0. The van der Waals surface area contributed by atoms with Crippen LogP contribution in [0.3, 0.4) is 0 Å². The van der Waals surface area contributed by atoms with E-state index in [0.29, 0.717) is 6.61 Å². The molecule has 0 radical (unpaired) electrons. The number of esters is 1. The van der Waals surface area contributed by atoms with Crippen LogP contribution in [0.25, 0.3) is 0 Å². The van der Waals surface area contributed by atoms with Crippen LogP contribution in [0.4, 0.5) is 0 Å². The molecule has 0 aromatic rings. The third-order valence-corrected chi connectivity index (χ3v) is 1.38. The smallest absolute Gasteiger partial charge is 0.368 e. The summed E-state index contributed by atoms with van der Waals surface area (Å²) >= 11 is 0. The van der Waals surface area contributed by atoms with Gasteiger partial charge in [0.1, 0.15) is 6.10 Å². The molecule has 0 saturated carbocycles. The van der Waals surface area contributed by atoms with Gasteiger partial charge in [-0.05, 0) is 6.08 Å². The summed E-state index contributed by atoms with van der Waals surface area (Å²) in [7, 11) is 0. The highest BCUT2D eigenvalue weighted by Crippen LogP contribution is 2.16. The van der Waals surface area contributed by atoms with Crippen LogP contribution in [-0.2, 0) is 19.0 Å². The summed E-state index contributed by atoms with van der Waals surface area (Å²) in [5.41, 5.74) is 0. The molecule has 1 saturated heterocycles. The van der Waals surface area contributed by atoms with Crippen molar-refractivity contribution in [3.63, 3.8) is 0 Å². The van der Waals surface area contributed by atoms with Crippen molar-refractivity contribution in [2.75, 3.05) is 6.61 Å². The molecule has 4 heteroatoms. The molecule has 2 heterocycles. The Morgan fingerprint density at radius 3 is 3.40 bits per heavy atom. The van der Waals surface area contributed by atoms with Crippen molar-refractivity contribution in [1.82, 2.24) is 0 Å². The molecule has 4 nitrogen and oxygen atoms in total. The van der Waals surface area contributed by atoms with Crippen LogP contribution in [0.15, 0.2) is 12.3 Å². The van der Waals surface area contributed by atoms with Gasteiger partial charge in [0.2, 0.25) is 0 Å². The van der Waals surface area contributed by atoms with Gasteiger partial charge in [0, 0.05) is 0 Å². The lowest BCUT2D eigenvalue weighted by molar-refractivity contribution is -0.165. The van der Waals surface area contributed by atoms with Crippen molar-refractivity contribution in [1.29, 1.82) is 0 Å². The van der Waals surface area contributed by atoms with Crippen molar-refractivity contribution >= 4 is 5.97 Å². The molecule has 0 aromatic heterocycles. The summed E-state index contributed by atoms with van der Waals surface area (Å²) < 4.78 is 14.5. The molecule has 2 atom stereocenters. The lowest BCUT2D eigenvalue weighted by Gasteiger charge is -2.02. The quantitative estimate of drug-likeness (QED) is 0.439. The Balaban J connectivity index is 2.21. The highest BCUT2D eigenvalue weighted by atomic mass is 16.8. The lowest BCUT2D eigenvalue weighted by Crippen LogP contribution is -2.21. The fourth-order valence-corrected chi connectivity index (χ4v) is 0.894. The number of hydrogen-bond donors (Lipinski definition) is 0. The monoisotopic (exact) mass is 142 g/mol. The first kappa shape index (κ1) is 5.88. The molecule has 54 valence electrons. The minimum Gasteiger partial charge on any atom is -0.431 e. The Morgan fingerprint density at radius 2 is 2.50 bits per heavy atom. The number of cyclic esters (lactones) is 1. The van der Waals surface area contributed by atoms with Gasteiger partial charge in [-0.2, -0.15) is 0 Å². The summed E-state index contributed by atoms with van der Waals surface area (Å²) in [6, 6.07) is 0. The van der Waals surface area contributed by atoms with Gasteiger partial charge >= 0.3 is 5.97 Å². The molecule has 1 fully saturated rings. The summed E-state index contributed by atoms with van der Waals surface area (Å²) in [4.78, 5) is 10.7. The summed E-state index contributed by atoms with van der Waals surface area (Å²) in [6.07, 6.45) is 2.08. The third-order valence-electron chi connectivity index (χ3n) is 1.38. The van der Waals surface area contributed by atoms with E-state index in [9.17, 15) is 4.79 Å². The van der Waals surface area contributed by atoms with Gasteiger partial charge in [-0.3, -0.25) is 0 Å². The van der Waals surface area contributed by atoms with Crippen LogP contribution < -0.4 is 0 Å². The van der Waals surface area contributed by atoms with E-state index in [1.54, 1.807) is 6.08 Å². The molecule has 0 aliphatic carbocycles. The average molecular weight is 142 g/mol. The standard InChI is InChI=1S/C6H6O4/c7-5-6-9-3-4(10-6)1-2-8-5/h1-2,4,6H,3H2. The van der Waals surface area contributed by atoms with Crippen molar-refractivity contribution in [2.24, 2.45) is 0 Å². The molecular weight excluding hydrogens is 136 g/mol. The maximum absolute atomic E-state index is 10.7. The summed E-state index contributed by atoms with van der Waals surface area (Å²) in [5, 5.41) is 0. The molecular formula is C6H6O4. The van der Waals surface area contributed by atoms with Crippen molar-refractivity contribution in [3.05, 3.63) is 12.3 Å². The maximum atomic E-state index is 10.7. The van der Waals surface area contributed by atoms with Crippen LogP contribution >= 0.6 is 0 Å². The zero-order chi connectivity index (χ0) is 6.97. The Kier molecular flexibility index (Phi) is 1.22. The van der Waals surface area contributed by atoms with Crippen LogP contribution in [0.1, 0.15) is 0 Å². The van der Waals surface area contributed by atoms with Crippen molar-refractivity contribution < 1.29 is 19.0 Å². The normalized spacial score (nSPS) is 37.4. The van der Waals surface area contributed by atoms with Crippen LogP contribution in [0, 0.1) is 0 Å². The van der Waals surface area contributed by atoms with Gasteiger partial charge in [-0.25, -0.2) is 4.79 Å². The number of fused-ring (bicyclic) bond motifs is 2. The largest absolute Gasteiger partial charge is 0.431 e. The second kappa shape index (κ2) is 2.07. The predicted molar refractivity (Wildman–Crippen MR) is 29.8 cm³/mol. The molecule has 0 spiro atoms. The SMILES string of the molecule is O=C1OC=CC2COC1O2. The number of ether oxygens (including phenoxy) is 3. The average Bonchev–Trinajstić information content (AvgIpc) is 2.27. The van der Waals surface area contributed by atoms with E-state index >= 15 is 0 Å². The highest BCUT2D eigenvalue weighted by molar-refractivity contribution is 5.74. The summed E-state index contributed by atoms with van der Waals surface area (Å²) in [5.74, 6) is -0.476. The Hall–Kier alpha value is -0.870. The first-order valence-corrected chi connectivity index (χ1v) is 3.00. The van der Waals surface area contributed by atoms with E-state index in [1.807, 2.05) is 0 Å². The first-order chi connectivity index (χ1) is 4.86. The molecule has 2 bridgehead atoms. The lowest BCUT2D eigenvalue weighted by atomic mass is 10.4. The van der Waals surface area contributed by atoms with Crippen LogP contribution in [-0.4, -0.2) is 25.0 Å². The Labute approximate surface area is 57.4 Å². The zero-order valence-electron chi connectivity index (χ0n) is 5.15. The zero-order valence-corrected chi connectivity index (χ0v) is 5.15. The van der Waals surface area contributed by atoms with E-state index in [2.05, 4.69) is 4.74 Å². The second-order valence-electron chi connectivity index (χ2n) is 2.11. The fourth-order valence-electron chi connectivity index (χ4n) is 0.894. The molecule has 0 N–H and O–H groups in total. The summed E-state index contributed by atoms with van der Waals surface area (Å²) in [6.45, 7) is 0.441. The van der Waals surface area contributed by atoms with Gasteiger partial charge in [0.15, 0.2) is 0 Å². The van der Waals surface area contributed by atoms with E-state index < -0.39 is 12.3 Å². The topological polar surface area (TPSA) is 44.8 Å². The maximum Gasteiger partial charge on any atom is 0.368 e. The molecule has 2 unspecified atom stereocenters. The van der Waals surface area contributed by atoms with Gasteiger partial charge in [-0.15, -0.1) is 0 Å². The third kappa shape index (κ3) is 0.815. The minimum atomic E-state index is -0.806. The van der Waals surface area contributed by atoms with Crippen LogP contribution in [0.2, 0.25) is 0 Å². The van der Waals surface area contributed by atoms with Gasteiger partial charge in [0.05, 0.1) is 12.9 Å². The van der Waals surface area contributed by atoms with E-state index in [-0.39, 0.29) is 6.10 Å². The molecule has 2 aliphatic rings. The number of carbonyl (C=O) groups excluding carboxylic acids is 1. The van der Waals surface area contributed by atoms with Crippen molar-refractivity contribution in [3.8, 4) is 0 Å². The van der Waals surface area contributed by atoms with Crippen LogP contribution in [0.5, 0.6) is 0 Å². The second-order valence-corrected chi connectivity index (χ2v) is 2.11. The molecule has 2 rings (SSSR count). The highest BCUT2D eigenvalue weighted by Gasteiger charge is 2.33. The molecule has 0 amide bonds. The minimum absolute atomic E-state index is 0.114. The molecule has 10 heavy (non-hydrogen) atoms. The van der Waals surface area contributed by atoms with E-state index in [1.165, 1.54) is 6.26 Å². The van der Waals surface area contributed by atoms with E-state index in [0.717, 1.165) is 0 Å².